The van der Waals surface area contributed by atoms with E-state index < -0.39 is 18.1 Å². The van der Waals surface area contributed by atoms with Crippen LogP contribution in [0.5, 0.6) is 0 Å². The second kappa shape index (κ2) is 7.43. The summed E-state index contributed by atoms with van der Waals surface area (Å²) in [4.78, 5) is 0.447. The number of benzene rings is 2. The molecular weight excluding hydrogens is 382 g/mol. The zero-order valence-electron chi connectivity index (χ0n) is 17.1. The minimum absolute atomic E-state index is 0.140. The van der Waals surface area contributed by atoms with Gasteiger partial charge in [0.25, 0.3) is 0 Å². The number of aryl methyl sites for hydroxylation is 1. The summed E-state index contributed by atoms with van der Waals surface area (Å²) in [7, 11) is -5.19. The molecule has 1 saturated carbocycles. The molecule has 1 aliphatic carbocycles. The van der Waals surface area contributed by atoms with E-state index in [1.807, 2.05) is 23.4 Å². The van der Waals surface area contributed by atoms with E-state index in [0.29, 0.717) is 23.3 Å². The molecule has 5 heteroatoms. The lowest BCUT2D eigenvalue weighted by atomic mass is 9.95. The summed E-state index contributed by atoms with van der Waals surface area (Å²) in [6.07, 6.45) is 3.60. The van der Waals surface area contributed by atoms with Crippen LogP contribution < -0.4 is 5.19 Å². The summed E-state index contributed by atoms with van der Waals surface area (Å²) in [6, 6.07) is 19.2. The van der Waals surface area contributed by atoms with Crippen molar-refractivity contribution in [3.8, 4) is 0 Å². The molecule has 2 aromatic rings. The summed E-state index contributed by atoms with van der Waals surface area (Å²) >= 11 is 0. The van der Waals surface area contributed by atoms with Crippen LogP contribution in [0.1, 0.15) is 24.8 Å². The van der Waals surface area contributed by atoms with Crippen LogP contribution in [-0.2, 0) is 10.0 Å². The number of nitrogens with zero attached hydrogens (tertiary/aromatic N) is 1. The smallest absolute Gasteiger partial charge is 0.207 e. The first-order chi connectivity index (χ1) is 13.3. The van der Waals surface area contributed by atoms with Gasteiger partial charge in [0.2, 0.25) is 10.0 Å². The van der Waals surface area contributed by atoms with Crippen molar-refractivity contribution in [3.05, 3.63) is 60.2 Å². The summed E-state index contributed by atoms with van der Waals surface area (Å²) in [6.45, 7) is 7.47. The number of hydrogen-bond donors (Lipinski definition) is 0. The molecule has 3 atom stereocenters. The van der Waals surface area contributed by atoms with Crippen molar-refractivity contribution in [3.63, 3.8) is 0 Å². The third-order valence-corrected chi connectivity index (χ3v) is 12.1. The fraction of sp³-hybridized carbons (Fsp3) is 0.478. The third kappa shape index (κ3) is 3.60. The lowest BCUT2D eigenvalue weighted by Gasteiger charge is -2.34. The van der Waals surface area contributed by atoms with Crippen molar-refractivity contribution < 1.29 is 8.42 Å². The minimum atomic E-state index is -3.45. The Morgan fingerprint density at radius 1 is 1.00 bits per heavy atom. The van der Waals surface area contributed by atoms with E-state index in [0.717, 1.165) is 11.6 Å². The Morgan fingerprint density at radius 2 is 1.68 bits per heavy atom. The maximum absolute atomic E-state index is 13.6. The number of rotatable bonds is 5. The van der Waals surface area contributed by atoms with Crippen LogP contribution in [0.3, 0.4) is 0 Å². The molecule has 0 spiro atoms. The standard InChI is InChI=1S/C23H31NO2SSi/c1-18-12-14-20(15-13-18)27(25,26)24-16-19-8-7-11-22(19)23(24)17-28(2,3)21-9-5-4-6-10-21/h4-6,9-10,12-15,19,22-23H,7-8,11,16-17H2,1-3H3/t19-,22-,23-/m1/s1. The maximum Gasteiger partial charge on any atom is 0.243 e. The molecule has 2 fully saturated rings. The molecule has 0 unspecified atom stereocenters. The predicted molar refractivity (Wildman–Crippen MR) is 118 cm³/mol. The van der Waals surface area contributed by atoms with Gasteiger partial charge in [-0.2, -0.15) is 4.31 Å². The largest absolute Gasteiger partial charge is 0.243 e. The van der Waals surface area contributed by atoms with Gasteiger partial charge in [0, 0.05) is 12.6 Å². The zero-order chi connectivity index (χ0) is 19.9. The van der Waals surface area contributed by atoms with Gasteiger partial charge in [-0.25, -0.2) is 8.42 Å². The van der Waals surface area contributed by atoms with Crippen molar-refractivity contribution in [2.75, 3.05) is 6.54 Å². The first-order valence-corrected chi connectivity index (χ1v) is 15.1. The first-order valence-electron chi connectivity index (χ1n) is 10.4. The highest BCUT2D eigenvalue weighted by atomic mass is 32.2. The van der Waals surface area contributed by atoms with Crippen molar-refractivity contribution >= 4 is 23.3 Å². The van der Waals surface area contributed by atoms with Crippen LogP contribution in [-0.4, -0.2) is 33.4 Å². The quantitative estimate of drug-likeness (QED) is 0.681. The minimum Gasteiger partial charge on any atom is -0.207 e. The molecule has 1 saturated heterocycles. The number of sulfonamides is 1. The molecule has 0 aromatic heterocycles. The van der Waals surface area contributed by atoms with Crippen molar-refractivity contribution in [2.24, 2.45) is 11.8 Å². The molecule has 2 aliphatic rings. The highest BCUT2D eigenvalue weighted by molar-refractivity contribution is 7.89. The van der Waals surface area contributed by atoms with Gasteiger partial charge in [0.15, 0.2) is 0 Å². The van der Waals surface area contributed by atoms with E-state index >= 15 is 0 Å². The van der Waals surface area contributed by atoms with Gasteiger partial charge in [0.05, 0.1) is 13.0 Å². The zero-order valence-corrected chi connectivity index (χ0v) is 19.0. The van der Waals surface area contributed by atoms with Crippen molar-refractivity contribution in [1.82, 2.24) is 4.31 Å². The maximum atomic E-state index is 13.6. The molecular formula is C23H31NO2SSi. The summed E-state index contributed by atoms with van der Waals surface area (Å²) in [5, 5.41) is 1.42. The van der Waals surface area contributed by atoms with Crippen LogP contribution in [0.15, 0.2) is 59.5 Å². The Kier molecular flexibility index (Phi) is 5.27. The van der Waals surface area contributed by atoms with Crippen LogP contribution in [0.25, 0.3) is 0 Å². The molecule has 0 amide bonds. The number of fused-ring (bicyclic) bond motifs is 1. The van der Waals surface area contributed by atoms with Crippen LogP contribution in [0.2, 0.25) is 19.1 Å². The average Bonchev–Trinajstić information content (AvgIpc) is 3.26. The van der Waals surface area contributed by atoms with Gasteiger partial charge in [-0.05, 0) is 49.8 Å². The lowest BCUT2D eigenvalue weighted by Crippen LogP contribution is -2.49. The molecule has 1 aliphatic heterocycles. The van der Waals surface area contributed by atoms with Crippen molar-refractivity contribution in [1.29, 1.82) is 0 Å². The third-order valence-electron chi connectivity index (χ3n) is 6.90. The predicted octanol–water partition coefficient (Wildman–Crippen LogP) is 4.40. The molecule has 0 N–H and O–H groups in total. The van der Waals surface area contributed by atoms with E-state index in [1.165, 1.54) is 24.4 Å². The number of hydrogen-bond acceptors (Lipinski definition) is 2. The molecule has 3 nitrogen and oxygen atoms in total. The van der Waals surface area contributed by atoms with Gasteiger partial charge in [0.1, 0.15) is 0 Å². The van der Waals surface area contributed by atoms with E-state index in [4.69, 9.17) is 0 Å². The SMILES string of the molecule is Cc1ccc(S(=O)(=O)N2C[C@H]3CCC[C@H]3[C@H]2C[Si](C)(C)c2ccccc2)cc1. The van der Waals surface area contributed by atoms with Gasteiger partial charge in [-0.3, -0.25) is 0 Å². The van der Waals surface area contributed by atoms with Gasteiger partial charge in [-0.1, -0.05) is 72.7 Å². The van der Waals surface area contributed by atoms with E-state index in [1.54, 1.807) is 12.1 Å². The van der Waals surface area contributed by atoms with Crippen LogP contribution >= 0.6 is 0 Å². The Labute approximate surface area is 170 Å². The molecule has 1 heterocycles. The van der Waals surface area contributed by atoms with Crippen molar-refractivity contribution in [2.45, 2.75) is 56.3 Å². The van der Waals surface area contributed by atoms with Gasteiger partial charge >= 0.3 is 0 Å². The second-order valence-electron chi connectivity index (χ2n) is 9.26. The Balaban J connectivity index is 1.67. The normalized spacial score (nSPS) is 25.8. The Bertz CT molecular complexity index is 925. The van der Waals surface area contributed by atoms with E-state index in [2.05, 4.69) is 43.4 Å². The summed E-state index contributed by atoms with van der Waals surface area (Å²) in [5.74, 6) is 1.06. The Morgan fingerprint density at radius 3 is 2.36 bits per heavy atom. The summed E-state index contributed by atoms with van der Waals surface area (Å²) in [5.41, 5.74) is 1.09. The first kappa shape index (κ1) is 19.9. The van der Waals surface area contributed by atoms with Crippen LogP contribution in [0.4, 0.5) is 0 Å². The molecule has 150 valence electrons. The molecule has 0 radical (unpaired) electrons. The highest BCUT2D eigenvalue weighted by Gasteiger charge is 2.50. The fourth-order valence-electron chi connectivity index (χ4n) is 5.28. The average molecular weight is 414 g/mol. The topological polar surface area (TPSA) is 37.4 Å². The molecule has 28 heavy (non-hydrogen) atoms. The lowest BCUT2D eigenvalue weighted by molar-refractivity contribution is 0.350. The van der Waals surface area contributed by atoms with E-state index in [9.17, 15) is 8.42 Å². The highest BCUT2D eigenvalue weighted by Crippen LogP contribution is 2.46. The van der Waals surface area contributed by atoms with Crippen LogP contribution in [0, 0.1) is 18.8 Å². The molecule has 0 bridgehead atoms. The fourth-order valence-corrected chi connectivity index (χ4v) is 10.0. The van der Waals surface area contributed by atoms with Gasteiger partial charge < -0.3 is 0 Å². The monoisotopic (exact) mass is 413 g/mol. The Hall–Kier alpha value is -1.43. The second-order valence-corrected chi connectivity index (χ2v) is 15.9. The molecule has 4 rings (SSSR count). The van der Waals surface area contributed by atoms with Gasteiger partial charge in [-0.15, -0.1) is 0 Å². The van der Waals surface area contributed by atoms with E-state index in [-0.39, 0.29) is 6.04 Å². The summed E-state index contributed by atoms with van der Waals surface area (Å²) < 4.78 is 29.0. The molecule has 2 aromatic carbocycles.